The normalized spacial score (nSPS) is 10.1. The van der Waals surface area contributed by atoms with Crippen molar-refractivity contribution < 1.29 is 4.74 Å². The third-order valence-corrected chi connectivity index (χ3v) is 2.78. The van der Waals surface area contributed by atoms with E-state index in [0.717, 1.165) is 4.47 Å². The van der Waals surface area contributed by atoms with E-state index in [9.17, 15) is 0 Å². The fraction of sp³-hybridized carbons (Fsp3) is 0. The molecule has 2 N–H and O–H groups in total. The molecule has 0 radical (unpaired) electrons. The summed E-state index contributed by atoms with van der Waals surface area (Å²) in [5.74, 6) is 1.24. The molecule has 0 aliphatic heterocycles. The molecule has 0 atom stereocenters. The Hall–Kier alpha value is -1.14. The first-order valence-electron chi connectivity index (χ1n) is 4.36. The molecule has 0 amide bonds. The minimum absolute atomic E-state index is 0.174. The van der Waals surface area contributed by atoms with Gasteiger partial charge in [-0.3, -0.25) is 0 Å². The smallest absolute Gasteiger partial charge is 0.238 e. The zero-order valence-corrected chi connectivity index (χ0v) is 11.2. The lowest BCUT2D eigenvalue weighted by atomic mass is 10.3. The van der Waals surface area contributed by atoms with E-state index in [4.69, 9.17) is 10.5 Å². The second-order valence-corrected chi connectivity index (χ2v) is 4.71. The van der Waals surface area contributed by atoms with Crippen LogP contribution in [0, 0.1) is 0 Å². The van der Waals surface area contributed by atoms with Crippen molar-refractivity contribution in [3.05, 3.63) is 39.4 Å². The maximum absolute atomic E-state index is 5.56. The van der Waals surface area contributed by atoms with Crippen LogP contribution >= 0.6 is 31.9 Å². The van der Waals surface area contributed by atoms with Gasteiger partial charge in [0, 0.05) is 4.47 Å². The summed E-state index contributed by atoms with van der Waals surface area (Å²) in [6.07, 6.45) is 1.55. The van der Waals surface area contributed by atoms with Crippen LogP contribution in [0.3, 0.4) is 0 Å². The first kappa shape index (κ1) is 11.3. The van der Waals surface area contributed by atoms with Crippen molar-refractivity contribution in [1.82, 2.24) is 9.97 Å². The van der Waals surface area contributed by atoms with Crippen molar-refractivity contribution in [2.75, 3.05) is 5.73 Å². The number of benzene rings is 1. The molecule has 0 aliphatic carbocycles. The SMILES string of the molecule is Nc1ncc(Br)c(Oc2cccc(Br)c2)n1. The summed E-state index contributed by atoms with van der Waals surface area (Å²) >= 11 is 6.65. The molecule has 1 heterocycles. The van der Waals surface area contributed by atoms with Gasteiger partial charge < -0.3 is 10.5 Å². The second-order valence-electron chi connectivity index (χ2n) is 2.94. The Balaban J connectivity index is 2.30. The molecular formula is C10H7Br2N3O. The van der Waals surface area contributed by atoms with Gasteiger partial charge in [0.1, 0.15) is 5.75 Å². The van der Waals surface area contributed by atoms with Crippen LogP contribution in [0.5, 0.6) is 11.6 Å². The second kappa shape index (κ2) is 4.80. The van der Waals surface area contributed by atoms with Crippen LogP contribution in [0.25, 0.3) is 0 Å². The highest BCUT2D eigenvalue weighted by Gasteiger charge is 2.06. The van der Waals surface area contributed by atoms with Crippen molar-refractivity contribution in [2.45, 2.75) is 0 Å². The van der Waals surface area contributed by atoms with Crippen LogP contribution in [0.2, 0.25) is 0 Å². The average Bonchev–Trinajstić information content (AvgIpc) is 2.24. The maximum atomic E-state index is 5.56. The zero-order valence-electron chi connectivity index (χ0n) is 8.02. The third-order valence-electron chi connectivity index (χ3n) is 1.74. The number of aromatic nitrogens is 2. The number of rotatable bonds is 2. The molecule has 0 aliphatic rings. The molecule has 2 rings (SSSR count). The van der Waals surface area contributed by atoms with Crippen molar-refractivity contribution in [2.24, 2.45) is 0 Å². The molecule has 1 aromatic carbocycles. The van der Waals surface area contributed by atoms with E-state index in [0.29, 0.717) is 16.1 Å². The average molecular weight is 345 g/mol. The Labute approximate surface area is 109 Å². The molecule has 0 saturated heterocycles. The Morgan fingerprint density at radius 2 is 2.06 bits per heavy atom. The number of nitrogens with zero attached hydrogens (tertiary/aromatic N) is 2. The van der Waals surface area contributed by atoms with Gasteiger partial charge in [-0.1, -0.05) is 22.0 Å². The summed E-state index contributed by atoms with van der Waals surface area (Å²) in [4.78, 5) is 7.81. The largest absolute Gasteiger partial charge is 0.438 e. The number of ether oxygens (including phenoxy) is 1. The quantitative estimate of drug-likeness (QED) is 0.907. The van der Waals surface area contributed by atoms with Gasteiger partial charge in [-0.15, -0.1) is 0 Å². The van der Waals surface area contributed by atoms with Gasteiger partial charge in [-0.2, -0.15) is 4.98 Å². The Morgan fingerprint density at radius 3 is 2.81 bits per heavy atom. The monoisotopic (exact) mass is 343 g/mol. The van der Waals surface area contributed by atoms with Crippen molar-refractivity contribution >= 4 is 37.8 Å². The zero-order chi connectivity index (χ0) is 11.5. The highest BCUT2D eigenvalue weighted by molar-refractivity contribution is 9.10. The summed E-state index contributed by atoms with van der Waals surface area (Å²) in [6, 6.07) is 7.45. The lowest BCUT2D eigenvalue weighted by Gasteiger charge is -2.06. The highest BCUT2D eigenvalue weighted by atomic mass is 79.9. The Bertz CT molecular complexity index is 519. The Morgan fingerprint density at radius 1 is 1.25 bits per heavy atom. The molecule has 0 unspecified atom stereocenters. The van der Waals surface area contributed by atoms with E-state index in [1.54, 1.807) is 6.20 Å². The molecule has 0 fully saturated rings. The van der Waals surface area contributed by atoms with Gasteiger partial charge >= 0.3 is 0 Å². The van der Waals surface area contributed by atoms with E-state index < -0.39 is 0 Å². The topological polar surface area (TPSA) is 61.0 Å². The van der Waals surface area contributed by atoms with Crippen LogP contribution < -0.4 is 10.5 Å². The molecule has 4 nitrogen and oxygen atoms in total. The number of halogens is 2. The van der Waals surface area contributed by atoms with Crippen LogP contribution in [0.15, 0.2) is 39.4 Å². The summed E-state index contributed by atoms with van der Waals surface area (Å²) in [5.41, 5.74) is 5.48. The number of nitrogens with two attached hydrogens (primary N) is 1. The van der Waals surface area contributed by atoms with E-state index in [1.165, 1.54) is 0 Å². The first-order valence-corrected chi connectivity index (χ1v) is 5.95. The summed E-state index contributed by atoms with van der Waals surface area (Å²) in [7, 11) is 0. The van der Waals surface area contributed by atoms with Crippen LogP contribution in [-0.4, -0.2) is 9.97 Å². The summed E-state index contributed by atoms with van der Waals surface area (Å²) in [6.45, 7) is 0. The number of hydrogen-bond donors (Lipinski definition) is 1. The third kappa shape index (κ3) is 2.70. The molecule has 0 saturated carbocycles. The van der Waals surface area contributed by atoms with Crippen molar-refractivity contribution in [3.8, 4) is 11.6 Å². The molecule has 1 aromatic heterocycles. The van der Waals surface area contributed by atoms with Gasteiger partial charge in [0.2, 0.25) is 11.8 Å². The standard InChI is InChI=1S/C10H7Br2N3O/c11-6-2-1-3-7(4-6)16-9-8(12)5-14-10(13)15-9/h1-5H,(H2,13,14,15). The van der Waals surface area contributed by atoms with E-state index >= 15 is 0 Å². The molecule has 2 aromatic rings. The first-order chi connectivity index (χ1) is 7.65. The highest BCUT2D eigenvalue weighted by Crippen LogP contribution is 2.28. The molecule has 0 spiro atoms. The molecule has 82 valence electrons. The van der Waals surface area contributed by atoms with Crippen LogP contribution in [0.1, 0.15) is 0 Å². The van der Waals surface area contributed by atoms with Gasteiger partial charge in [-0.05, 0) is 34.1 Å². The predicted molar refractivity (Wildman–Crippen MR) is 68.4 cm³/mol. The number of hydrogen-bond acceptors (Lipinski definition) is 4. The Kier molecular flexibility index (Phi) is 3.40. The summed E-state index contributed by atoms with van der Waals surface area (Å²) in [5, 5.41) is 0. The number of anilines is 1. The summed E-state index contributed by atoms with van der Waals surface area (Å²) < 4.78 is 7.15. The van der Waals surface area contributed by atoms with E-state index in [1.807, 2.05) is 24.3 Å². The van der Waals surface area contributed by atoms with Crippen molar-refractivity contribution in [3.63, 3.8) is 0 Å². The van der Waals surface area contributed by atoms with Gasteiger partial charge in [0.25, 0.3) is 0 Å². The van der Waals surface area contributed by atoms with Gasteiger partial charge in [0.05, 0.1) is 10.7 Å². The van der Waals surface area contributed by atoms with E-state index in [-0.39, 0.29) is 5.95 Å². The van der Waals surface area contributed by atoms with Crippen molar-refractivity contribution in [1.29, 1.82) is 0 Å². The van der Waals surface area contributed by atoms with Crippen LogP contribution in [0.4, 0.5) is 5.95 Å². The fourth-order valence-corrected chi connectivity index (χ4v) is 1.73. The molecule has 6 heteroatoms. The van der Waals surface area contributed by atoms with Gasteiger partial charge in [0.15, 0.2) is 0 Å². The minimum atomic E-state index is 0.174. The van der Waals surface area contributed by atoms with Crippen LogP contribution in [-0.2, 0) is 0 Å². The number of nitrogen functional groups attached to an aromatic ring is 1. The maximum Gasteiger partial charge on any atom is 0.238 e. The lowest BCUT2D eigenvalue weighted by molar-refractivity contribution is 0.459. The lowest BCUT2D eigenvalue weighted by Crippen LogP contribution is -1.97. The van der Waals surface area contributed by atoms with E-state index in [2.05, 4.69) is 41.8 Å². The molecule has 0 bridgehead atoms. The molecular weight excluding hydrogens is 338 g/mol. The van der Waals surface area contributed by atoms with Gasteiger partial charge in [-0.25, -0.2) is 4.98 Å². The minimum Gasteiger partial charge on any atom is -0.438 e. The fourth-order valence-electron chi connectivity index (χ4n) is 1.08. The molecule has 16 heavy (non-hydrogen) atoms. The predicted octanol–water partition coefficient (Wildman–Crippen LogP) is 3.38.